The third-order valence-corrected chi connectivity index (χ3v) is 5.74. The molecule has 4 rings (SSSR count). The number of nitrogens with zero attached hydrogens (tertiary/aromatic N) is 3. The highest BCUT2D eigenvalue weighted by Crippen LogP contribution is 2.37. The molecule has 1 aliphatic heterocycles. The van der Waals surface area contributed by atoms with Crippen LogP contribution in [0.2, 0.25) is 0 Å². The Balaban J connectivity index is 1.86. The Morgan fingerprint density at radius 3 is 2.75 bits per heavy atom. The van der Waals surface area contributed by atoms with Gasteiger partial charge in [0.2, 0.25) is 5.78 Å². The Morgan fingerprint density at radius 1 is 1.21 bits per heavy atom. The molecule has 24 heavy (non-hydrogen) atoms. The summed E-state index contributed by atoms with van der Waals surface area (Å²) in [7, 11) is 0. The van der Waals surface area contributed by atoms with Crippen molar-refractivity contribution < 1.29 is 4.79 Å². The average molecular weight is 338 g/mol. The van der Waals surface area contributed by atoms with Gasteiger partial charge in [0, 0.05) is 24.4 Å². The van der Waals surface area contributed by atoms with E-state index in [0.717, 1.165) is 28.9 Å². The first-order valence-corrected chi connectivity index (χ1v) is 8.96. The Morgan fingerprint density at radius 2 is 2.00 bits per heavy atom. The Kier molecular flexibility index (Phi) is 3.86. The van der Waals surface area contributed by atoms with Gasteiger partial charge in [-0.3, -0.25) is 4.79 Å². The van der Waals surface area contributed by atoms with Crippen LogP contribution in [0.5, 0.6) is 0 Å². The molecule has 2 heterocycles. The number of carbonyl (C=O) groups is 1. The fraction of sp³-hybridized carbons (Fsp3) is 0.278. The fourth-order valence-electron chi connectivity index (χ4n) is 3.05. The molecule has 1 saturated heterocycles. The van der Waals surface area contributed by atoms with Crippen LogP contribution in [0.3, 0.4) is 0 Å². The van der Waals surface area contributed by atoms with Gasteiger partial charge in [0.05, 0.1) is 5.52 Å². The van der Waals surface area contributed by atoms with Gasteiger partial charge in [0.25, 0.3) is 0 Å². The van der Waals surface area contributed by atoms with Crippen molar-refractivity contribution in [3.63, 3.8) is 0 Å². The molecule has 1 aromatic heterocycles. The van der Waals surface area contributed by atoms with Crippen molar-refractivity contribution in [3.05, 3.63) is 59.7 Å². The van der Waals surface area contributed by atoms with Gasteiger partial charge in [-0.15, -0.1) is 16.9 Å². The van der Waals surface area contributed by atoms with E-state index in [-0.39, 0.29) is 5.78 Å². The van der Waals surface area contributed by atoms with E-state index in [0.29, 0.717) is 12.1 Å². The van der Waals surface area contributed by atoms with Gasteiger partial charge in [-0.25, -0.2) is 4.68 Å². The largest absolute Gasteiger partial charge is 0.312 e. The molecule has 0 spiro atoms. The van der Waals surface area contributed by atoms with Crippen LogP contribution in [0.15, 0.2) is 48.5 Å². The molecule has 0 radical (unpaired) electrons. The van der Waals surface area contributed by atoms with Crippen molar-refractivity contribution in [2.24, 2.45) is 0 Å². The molecule has 0 bridgehead atoms. The van der Waals surface area contributed by atoms with Crippen LogP contribution in [0, 0.1) is 6.92 Å². The maximum absolute atomic E-state index is 13.4. The van der Waals surface area contributed by atoms with Crippen LogP contribution >= 0.6 is 11.8 Å². The fourth-order valence-corrected chi connectivity index (χ4v) is 4.34. The minimum absolute atomic E-state index is 0.0651. The van der Waals surface area contributed by atoms with Crippen LogP contribution in [-0.2, 0) is 4.87 Å². The van der Waals surface area contributed by atoms with E-state index < -0.39 is 4.87 Å². The molecular formula is C18H18N4OS. The molecule has 1 fully saturated rings. The highest BCUT2D eigenvalue weighted by Gasteiger charge is 2.44. The van der Waals surface area contributed by atoms with Crippen LogP contribution in [0.25, 0.3) is 11.0 Å². The first-order valence-electron chi connectivity index (χ1n) is 7.98. The molecule has 122 valence electrons. The number of ketones is 1. The van der Waals surface area contributed by atoms with Crippen molar-refractivity contribution in [1.29, 1.82) is 0 Å². The molecule has 0 saturated carbocycles. The van der Waals surface area contributed by atoms with Crippen LogP contribution in [0.4, 0.5) is 0 Å². The second-order valence-corrected chi connectivity index (χ2v) is 7.37. The topological polar surface area (TPSA) is 59.8 Å². The van der Waals surface area contributed by atoms with Crippen LogP contribution in [0.1, 0.15) is 15.9 Å². The number of aromatic nitrogens is 3. The highest BCUT2D eigenvalue weighted by atomic mass is 32.2. The van der Waals surface area contributed by atoms with E-state index in [4.69, 9.17) is 0 Å². The summed E-state index contributed by atoms with van der Waals surface area (Å²) in [6.07, 6.45) is 0. The summed E-state index contributed by atoms with van der Waals surface area (Å²) < 4.78 is 1.79. The predicted molar refractivity (Wildman–Crippen MR) is 96.3 cm³/mol. The molecule has 6 heteroatoms. The predicted octanol–water partition coefficient (Wildman–Crippen LogP) is 2.61. The molecule has 2 aromatic carbocycles. The standard InChI is InChI=1S/C18H18N4OS/c1-13-6-8-14(9-7-13)17(23)18(12-19-10-11-24-18)22-16-5-3-2-4-15(16)20-21-22/h2-9,19H,10-12H2,1H3. The van der Waals surface area contributed by atoms with Gasteiger partial charge in [0.1, 0.15) is 5.52 Å². The SMILES string of the molecule is Cc1ccc(C(=O)C2(n3nnc4ccccc43)CNCCS2)cc1. The first-order chi connectivity index (χ1) is 11.7. The van der Waals surface area contributed by atoms with Crippen LogP contribution in [-0.4, -0.2) is 39.6 Å². The third kappa shape index (κ3) is 2.42. The zero-order valence-electron chi connectivity index (χ0n) is 13.4. The smallest absolute Gasteiger partial charge is 0.202 e. The summed E-state index contributed by atoms with van der Waals surface area (Å²) in [6.45, 7) is 3.45. The number of aryl methyl sites for hydroxylation is 1. The first kappa shape index (κ1) is 15.4. The summed E-state index contributed by atoms with van der Waals surface area (Å²) in [4.78, 5) is 12.6. The number of rotatable bonds is 3. The lowest BCUT2D eigenvalue weighted by Crippen LogP contribution is -2.51. The molecule has 0 aliphatic carbocycles. The minimum Gasteiger partial charge on any atom is -0.312 e. The van der Waals surface area contributed by atoms with Crippen molar-refractivity contribution >= 4 is 28.6 Å². The monoisotopic (exact) mass is 338 g/mol. The second-order valence-electron chi connectivity index (χ2n) is 5.99. The summed E-state index contributed by atoms with van der Waals surface area (Å²) in [5.74, 6) is 0.918. The number of para-hydroxylation sites is 1. The molecule has 1 N–H and O–H groups in total. The number of thioether (sulfide) groups is 1. The number of benzene rings is 2. The number of carbonyl (C=O) groups excluding carboxylic acids is 1. The lowest BCUT2D eigenvalue weighted by molar-refractivity contribution is 0.0887. The average Bonchev–Trinajstić information content (AvgIpc) is 3.07. The third-order valence-electron chi connectivity index (χ3n) is 4.35. The van der Waals surface area contributed by atoms with E-state index in [2.05, 4.69) is 15.6 Å². The molecular weight excluding hydrogens is 320 g/mol. The molecule has 3 aromatic rings. The van der Waals surface area contributed by atoms with Gasteiger partial charge in [-0.2, -0.15) is 0 Å². The van der Waals surface area contributed by atoms with Crippen molar-refractivity contribution in [3.8, 4) is 0 Å². The number of nitrogens with one attached hydrogen (secondary N) is 1. The van der Waals surface area contributed by atoms with E-state index in [1.165, 1.54) is 0 Å². The molecule has 0 amide bonds. The number of hydrogen-bond acceptors (Lipinski definition) is 5. The summed E-state index contributed by atoms with van der Waals surface area (Å²) >= 11 is 1.64. The Bertz CT molecular complexity index is 881. The van der Waals surface area contributed by atoms with E-state index in [1.807, 2.05) is 55.5 Å². The second kappa shape index (κ2) is 6.03. The molecule has 5 nitrogen and oxygen atoms in total. The summed E-state index contributed by atoms with van der Waals surface area (Å²) in [6, 6.07) is 15.5. The van der Waals surface area contributed by atoms with Gasteiger partial charge in [-0.05, 0) is 19.1 Å². The summed E-state index contributed by atoms with van der Waals surface area (Å²) in [5, 5.41) is 11.9. The minimum atomic E-state index is -0.802. The number of Topliss-reactive ketones (excluding diaryl/α,β-unsaturated/α-hetero) is 1. The van der Waals surface area contributed by atoms with Crippen molar-refractivity contribution in [2.75, 3.05) is 18.8 Å². The van der Waals surface area contributed by atoms with E-state index in [9.17, 15) is 4.79 Å². The lowest BCUT2D eigenvalue weighted by Gasteiger charge is -2.35. The summed E-state index contributed by atoms with van der Waals surface area (Å²) in [5.41, 5.74) is 3.53. The zero-order valence-corrected chi connectivity index (χ0v) is 14.2. The Labute approximate surface area is 144 Å². The van der Waals surface area contributed by atoms with Crippen LogP contribution < -0.4 is 5.32 Å². The normalized spacial score (nSPS) is 21.0. The zero-order chi connectivity index (χ0) is 16.6. The van der Waals surface area contributed by atoms with Gasteiger partial charge in [-0.1, -0.05) is 47.2 Å². The lowest BCUT2D eigenvalue weighted by atomic mass is 10.0. The van der Waals surface area contributed by atoms with Gasteiger partial charge < -0.3 is 5.32 Å². The van der Waals surface area contributed by atoms with Gasteiger partial charge >= 0.3 is 0 Å². The maximum atomic E-state index is 13.4. The molecule has 1 aliphatic rings. The highest BCUT2D eigenvalue weighted by molar-refractivity contribution is 8.00. The molecule has 1 atom stereocenters. The van der Waals surface area contributed by atoms with Crippen molar-refractivity contribution in [1.82, 2.24) is 20.3 Å². The van der Waals surface area contributed by atoms with Crippen molar-refractivity contribution in [2.45, 2.75) is 11.8 Å². The molecule has 1 unspecified atom stereocenters. The van der Waals surface area contributed by atoms with E-state index in [1.54, 1.807) is 16.4 Å². The quantitative estimate of drug-likeness (QED) is 0.744. The van der Waals surface area contributed by atoms with Gasteiger partial charge in [0.15, 0.2) is 4.87 Å². The maximum Gasteiger partial charge on any atom is 0.202 e. The number of hydrogen-bond donors (Lipinski definition) is 1. The Hall–Kier alpha value is -2.18. The number of fused-ring (bicyclic) bond motifs is 1. The van der Waals surface area contributed by atoms with E-state index >= 15 is 0 Å².